The number of amides is 1. The van der Waals surface area contributed by atoms with Crippen LogP contribution in [0.3, 0.4) is 0 Å². The second-order valence-corrected chi connectivity index (χ2v) is 5.82. The minimum Gasteiger partial charge on any atom is -0.487 e. The zero-order chi connectivity index (χ0) is 15.2. The number of rotatable bonds is 6. The number of hydrogen-bond donors (Lipinski definition) is 2. The molecule has 4 heteroatoms. The number of para-hydroxylation sites is 2. The molecule has 0 aliphatic rings. The average Bonchev–Trinajstić information content (AvgIpc) is 2.34. The Morgan fingerprint density at radius 3 is 2.55 bits per heavy atom. The lowest BCUT2D eigenvalue weighted by molar-refractivity contribution is -0.114. The van der Waals surface area contributed by atoms with E-state index >= 15 is 0 Å². The topological polar surface area (TPSA) is 50.4 Å². The van der Waals surface area contributed by atoms with Gasteiger partial charge in [0.25, 0.3) is 0 Å². The molecule has 1 aromatic rings. The quantitative estimate of drug-likeness (QED) is 0.785. The molecule has 110 valence electrons. The van der Waals surface area contributed by atoms with Gasteiger partial charge in [-0.1, -0.05) is 18.7 Å². The van der Waals surface area contributed by atoms with Crippen LogP contribution in [0.1, 0.15) is 27.7 Å². The van der Waals surface area contributed by atoms with Crippen LogP contribution < -0.4 is 15.4 Å². The van der Waals surface area contributed by atoms with Gasteiger partial charge < -0.3 is 15.4 Å². The Bertz CT molecular complexity index is 476. The van der Waals surface area contributed by atoms with Crippen molar-refractivity contribution in [3.63, 3.8) is 0 Å². The summed E-state index contributed by atoms with van der Waals surface area (Å²) in [6.07, 6.45) is 0. The van der Waals surface area contributed by atoms with E-state index in [1.165, 1.54) is 6.92 Å². The molecule has 0 aromatic heterocycles. The van der Waals surface area contributed by atoms with E-state index in [4.69, 9.17) is 4.74 Å². The number of nitrogens with one attached hydrogen (secondary N) is 2. The zero-order valence-electron chi connectivity index (χ0n) is 12.7. The third kappa shape index (κ3) is 6.38. The summed E-state index contributed by atoms with van der Waals surface area (Å²) in [5.41, 5.74) is 1.69. The van der Waals surface area contributed by atoms with Gasteiger partial charge in [0.1, 0.15) is 12.4 Å². The van der Waals surface area contributed by atoms with Crippen LogP contribution in [-0.2, 0) is 4.79 Å². The molecule has 0 saturated heterocycles. The van der Waals surface area contributed by atoms with Gasteiger partial charge in [0.2, 0.25) is 5.91 Å². The molecule has 0 atom stereocenters. The smallest absolute Gasteiger partial charge is 0.221 e. The van der Waals surface area contributed by atoms with Gasteiger partial charge in [-0.25, -0.2) is 0 Å². The minimum absolute atomic E-state index is 0.0526. The summed E-state index contributed by atoms with van der Waals surface area (Å²) in [5.74, 6) is 0.536. The van der Waals surface area contributed by atoms with Crippen LogP contribution in [0, 0.1) is 0 Å². The number of anilines is 1. The lowest BCUT2D eigenvalue weighted by atomic mass is 10.1. The fraction of sp³-hybridized carbons (Fsp3) is 0.438. The van der Waals surface area contributed by atoms with Crippen molar-refractivity contribution < 1.29 is 9.53 Å². The summed E-state index contributed by atoms with van der Waals surface area (Å²) in [5, 5.41) is 6.10. The molecule has 0 heterocycles. The van der Waals surface area contributed by atoms with Crippen LogP contribution in [-0.4, -0.2) is 24.6 Å². The third-order valence-corrected chi connectivity index (χ3v) is 2.50. The summed E-state index contributed by atoms with van der Waals surface area (Å²) in [7, 11) is 0. The van der Waals surface area contributed by atoms with E-state index in [-0.39, 0.29) is 11.4 Å². The summed E-state index contributed by atoms with van der Waals surface area (Å²) < 4.78 is 5.71. The molecule has 4 nitrogen and oxygen atoms in total. The maximum Gasteiger partial charge on any atom is 0.221 e. The average molecular weight is 276 g/mol. The largest absolute Gasteiger partial charge is 0.487 e. The van der Waals surface area contributed by atoms with Crippen molar-refractivity contribution >= 4 is 11.6 Å². The lowest BCUT2D eigenvalue weighted by Crippen LogP contribution is -2.37. The number of ether oxygens (including phenoxy) is 1. The Morgan fingerprint density at radius 2 is 1.95 bits per heavy atom. The van der Waals surface area contributed by atoms with Crippen LogP contribution in [0.2, 0.25) is 0 Å². The van der Waals surface area contributed by atoms with Crippen molar-refractivity contribution in [2.24, 2.45) is 0 Å². The Balaban J connectivity index is 2.53. The summed E-state index contributed by atoms with van der Waals surface area (Å²) >= 11 is 0. The van der Waals surface area contributed by atoms with E-state index < -0.39 is 0 Å². The maximum absolute atomic E-state index is 11.1. The highest BCUT2D eigenvalue weighted by Crippen LogP contribution is 2.23. The standard InChI is InChI=1S/C16H24N2O2/c1-12(10-17-16(3,4)5)11-20-15-9-7-6-8-14(15)18-13(2)19/h6-9,17H,1,10-11H2,2-5H3,(H,18,19). The first-order chi connectivity index (χ1) is 9.28. The molecule has 20 heavy (non-hydrogen) atoms. The van der Waals surface area contributed by atoms with E-state index in [0.717, 1.165) is 5.57 Å². The molecule has 0 radical (unpaired) electrons. The molecule has 1 rings (SSSR count). The van der Waals surface area contributed by atoms with Crippen molar-refractivity contribution in [1.82, 2.24) is 5.32 Å². The first kappa shape index (κ1) is 16.2. The number of carbonyl (C=O) groups is 1. The van der Waals surface area contributed by atoms with Gasteiger partial charge in [0.15, 0.2) is 0 Å². The van der Waals surface area contributed by atoms with Gasteiger partial charge in [-0.15, -0.1) is 0 Å². The van der Waals surface area contributed by atoms with Gasteiger partial charge in [-0.3, -0.25) is 4.79 Å². The van der Waals surface area contributed by atoms with E-state index in [9.17, 15) is 4.79 Å². The molecule has 1 amide bonds. The normalized spacial score (nSPS) is 11.0. The van der Waals surface area contributed by atoms with Crippen molar-refractivity contribution in [1.29, 1.82) is 0 Å². The van der Waals surface area contributed by atoms with E-state index in [1.807, 2.05) is 24.3 Å². The molecular weight excluding hydrogens is 252 g/mol. The predicted octanol–water partition coefficient (Wildman–Crippen LogP) is 2.97. The van der Waals surface area contributed by atoms with Crippen LogP contribution in [0.4, 0.5) is 5.69 Å². The molecule has 0 unspecified atom stereocenters. The van der Waals surface area contributed by atoms with Gasteiger partial charge in [-0.05, 0) is 38.5 Å². The number of hydrogen-bond acceptors (Lipinski definition) is 3. The molecule has 0 aliphatic carbocycles. The third-order valence-electron chi connectivity index (χ3n) is 2.50. The van der Waals surface area contributed by atoms with Gasteiger partial charge in [0, 0.05) is 19.0 Å². The number of carbonyl (C=O) groups excluding carboxylic acids is 1. The molecule has 0 saturated carbocycles. The van der Waals surface area contributed by atoms with Crippen molar-refractivity contribution in [2.45, 2.75) is 33.2 Å². The second kappa shape index (κ2) is 7.10. The van der Waals surface area contributed by atoms with E-state index in [2.05, 4.69) is 38.0 Å². The van der Waals surface area contributed by atoms with Crippen molar-refractivity contribution in [2.75, 3.05) is 18.5 Å². The highest BCUT2D eigenvalue weighted by molar-refractivity contribution is 5.90. The Hall–Kier alpha value is -1.81. The highest BCUT2D eigenvalue weighted by Gasteiger charge is 2.09. The van der Waals surface area contributed by atoms with Gasteiger partial charge in [-0.2, -0.15) is 0 Å². The van der Waals surface area contributed by atoms with Crippen LogP contribution in [0.15, 0.2) is 36.4 Å². The van der Waals surface area contributed by atoms with Crippen LogP contribution in [0.5, 0.6) is 5.75 Å². The summed E-state index contributed by atoms with van der Waals surface area (Å²) in [6.45, 7) is 12.9. The monoisotopic (exact) mass is 276 g/mol. The molecule has 0 bridgehead atoms. The summed E-state index contributed by atoms with van der Waals surface area (Å²) in [4.78, 5) is 11.1. The fourth-order valence-electron chi connectivity index (χ4n) is 1.51. The highest BCUT2D eigenvalue weighted by atomic mass is 16.5. The van der Waals surface area contributed by atoms with E-state index in [0.29, 0.717) is 24.6 Å². The van der Waals surface area contributed by atoms with Gasteiger partial charge >= 0.3 is 0 Å². The van der Waals surface area contributed by atoms with Crippen LogP contribution in [0.25, 0.3) is 0 Å². The molecular formula is C16H24N2O2. The first-order valence-corrected chi connectivity index (χ1v) is 6.69. The van der Waals surface area contributed by atoms with E-state index in [1.54, 1.807) is 0 Å². The second-order valence-electron chi connectivity index (χ2n) is 5.82. The van der Waals surface area contributed by atoms with Crippen molar-refractivity contribution in [3.05, 3.63) is 36.4 Å². The lowest BCUT2D eigenvalue weighted by Gasteiger charge is -2.21. The molecule has 0 spiro atoms. The molecule has 0 fully saturated rings. The molecule has 1 aromatic carbocycles. The number of benzene rings is 1. The Labute approximate surface area is 121 Å². The zero-order valence-corrected chi connectivity index (χ0v) is 12.7. The Kier molecular flexibility index (Phi) is 5.77. The summed E-state index contributed by atoms with van der Waals surface area (Å²) in [6, 6.07) is 7.37. The van der Waals surface area contributed by atoms with Crippen molar-refractivity contribution in [3.8, 4) is 5.75 Å². The SMILES string of the molecule is C=C(CNC(C)(C)C)COc1ccccc1NC(C)=O. The predicted molar refractivity (Wildman–Crippen MR) is 83.1 cm³/mol. The first-order valence-electron chi connectivity index (χ1n) is 6.69. The molecule has 0 aliphatic heterocycles. The van der Waals surface area contributed by atoms with Gasteiger partial charge in [0.05, 0.1) is 5.69 Å². The molecule has 2 N–H and O–H groups in total. The fourth-order valence-corrected chi connectivity index (χ4v) is 1.51. The van der Waals surface area contributed by atoms with Crippen LogP contribution >= 0.6 is 0 Å². The maximum atomic E-state index is 11.1. The Morgan fingerprint density at radius 1 is 1.30 bits per heavy atom. The minimum atomic E-state index is -0.116.